The molecule has 0 amide bonds. The maximum absolute atomic E-state index is 13.0. The SMILES string of the molecule is CC/C=C\C/C=C\C/C=C\C/C=C\C/C=C\CCCCCCCCCCCCCCCCCCCCCC(=O)OC(COC(=O)CCCCCCCCCCCCCCCCCCCCCCCCCC/C=C\C/C=C\C/C=C\CCCCCCC)COC(OCC[N+](C)(C)C)C(=O)O. The van der Waals surface area contributed by atoms with E-state index >= 15 is 0 Å². The largest absolute Gasteiger partial charge is 0.477 e. The number of allylic oxidation sites excluding steroid dienone is 16. The quantitative estimate of drug-likeness (QED) is 0.0211. The van der Waals surface area contributed by atoms with Gasteiger partial charge in [0.05, 0.1) is 34.4 Å². The number of carboxylic acids is 1. The molecule has 0 heterocycles. The Hall–Kier alpha value is -3.79. The zero-order valence-electron chi connectivity index (χ0n) is 65.9. The van der Waals surface area contributed by atoms with Crippen LogP contribution in [0.5, 0.6) is 0 Å². The summed E-state index contributed by atoms with van der Waals surface area (Å²) in [7, 11) is 6.00. The first kappa shape index (κ1) is 95.2. The van der Waals surface area contributed by atoms with E-state index < -0.39 is 18.4 Å². The average molecular weight is 1390 g/mol. The van der Waals surface area contributed by atoms with Crippen LogP contribution in [0.1, 0.15) is 399 Å². The highest BCUT2D eigenvalue weighted by atomic mass is 16.7. The molecule has 9 nitrogen and oxygen atoms in total. The predicted octanol–water partition coefficient (Wildman–Crippen LogP) is 27.5. The summed E-state index contributed by atoms with van der Waals surface area (Å²) in [4.78, 5) is 37.8. The number of carbonyl (C=O) groups is 3. The van der Waals surface area contributed by atoms with Gasteiger partial charge in [-0.25, -0.2) is 4.79 Å². The van der Waals surface area contributed by atoms with Crippen molar-refractivity contribution < 1.29 is 42.9 Å². The lowest BCUT2D eigenvalue weighted by Gasteiger charge is -2.25. The van der Waals surface area contributed by atoms with Gasteiger partial charge in [0.1, 0.15) is 13.2 Å². The third kappa shape index (κ3) is 81.4. The number of ether oxygens (including phenoxy) is 4. The predicted molar refractivity (Wildman–Crippen MR) is 429 cm³/mol. The van der Waals surface area contributed by atoms with Crippen molar-refractivity contribution in [1.29, 1.82) is 0 Å². The van der Waals surface area contributed by atoms with Crippen LogP contribution in [0.25, 0.3) is 0 Å². The number of quaternary nitrogens is 1. The molecule has 574 valence electrons. The minimum atomic E-state index is -1.51. The van der Waals surface area contributed by atoms with Crippen molar-refractivity contribution in [2.24, 2.45) is 0 Å². The Kier molecular flexibility index (Phi) is 76.8. The molecule has 2 atom stereocenters. The number of esters is 2. The molecule has 0 aromatic rings. The summed E-state index contributed by atoms with van der Waals surface area (Å²) in [6, 6.07) is 0. The summed E-state index contributed by atoms with van der Waals surface area (Å²) in [5, 5.41) is 9.79. The first-order valence-electron chi connectivity index (χ1n) is 42.4. The highest BCUT2D eigenvalue weighted by molar-refractivity contribution is 5.71. The van der Waals surface area contributed by atoms with Crippen molar-refractivity contribution in [3.05, 3.63) is 97.2 Å². The van der Waals surface area contributed by atoms with Gasteiger partial charge in [0.25, 0.3) is 6.29 Å². The van der Waals surface area contributed by atoms with E-state index in [0.29, 0.717) is 17.4 Å². The summed E-state index contributed by atoms with van der Waals surface area (Å²) < 4.78 is 23.1. The molecule has 0 aromatic carbocycles. The van der Waals surface area contributed by atoms with Crippen LogP contribution in [0.3, 0.4) is 0 Å². The highest BCUT2D eigenvalue weighted by Gasteiger charge is 2.25. The molecule has 0 bridgehead atoms. The van der Waals surface area contributed by atoms with Gasteiger partial charge < -0.3 is 28.5 Å². The van der Waals surface area contributed by atoms with Crippen LogP contribution < -0.4 is 0 Å². The Balaban J connectivity index is 3.95. The topological polar surface area (TPSA) is 108 Å². The number of carboxylic acid groups (broad SMARTS) is 1. The number of unbranched alkanes of at least 4 members (excludes halogenated alkanes) is 48. The molecule has 1 N–H and O–H groups in total. The van der Waals surface area contributed by atoms with Crippen LogP contribution in [-0.4, -0.2) is 87.4 Å². The summed E-state index contributed by atoms with van der Waals surface area (Å²) >= 11 is 0. The minimum Gasteiger partial charge on any atom is -0.477 e. The molecule has 0 fully saturated rings. The van der Waals surface area contributed by atoms with Gasteiger partial charge in [-0.1, -0.05) is 387 Å². The Bertz CT molecular complexity index is 1960. The molecule has 0 saturated heterocycles. The van der Waals surface area contributed by atoms with Gasteiger partial charge >= 0.3 is 17.9 Å². The fourth-order valence-corrected chi connectivity index (χ4v) is 12.4. The number of aliphatic carboxylic acids is 1. The lowest BCUT2D eigenvalue weighted by atomic mass is 10.0. The standard InChI is InChI=1S/C90H161NO8/c1-6-8-10-12-14-16-18-20-22-24-26-28-30-32-34-36-38-40-42-43-44-45-47-48-50-52-54-56-58-60-62-64-66-68-70-72-74-76-78-80-87(92)97-84-86(85-98-90(89(94)95)96-83-82-91(3,4)5)99-88(93)81-79-77-75-73-71-69-67-65-63-61-59-57-55-53-51-49-46-41-39-37-35-33-31-29-27-25-23-21-19-17-15-13-11-9-7-2/h9,11,15,17-18,20-21,23-24,26-27,29-30,32-33,35,86,90H,6-8,10,12-14,16,19,22,25,28,31,34,36-85H2,1-5H3/p+1/b11-9-,17-15-,20-18-,23-21-,26-24-,29-27-,32-30-,35-33-. The van der Waals surface area contributed by atoms with Crippen LogP contribution >= 0.6 is 0 Å². The average Bonchev–Trinajstić information content (AvgIpc) is 1.16. The van der Waals surface area contributed by atoms with Gasteiger partial charge in [0, 0.05) is 12.8 Å². The number of nitrogens with zero attached hydrogens (tertiary/aromatic N) is 1. The normalized spacial score (nSPS) is 13.1. The van der Waals surface area contributed by atoms with E-state index in [-0.39, 0.29) is 38.2 Å². The van der Waals surface area contributed by atoms with Crippen LogP contribution in [0, 0.1) is 0 Å². The summed E-state index contributed by atoms with van der Waals surface area (Å²) in [6.07, 6.45) is 109. The fourth-order valence-electron chi connectivity index (χ4n) is 12.4. The van der Waals surface area contributed by atoms with E-state index in [4.69, 9.17) is 18.9 Å². The molecule has 2 unspecified atom stereocenters. The second kappa shape index (κ2) is 79.9. The first-order valence-corrected chi connectivity index (χ1v) is 42.4. The molecule has 0 aromatic heterocycles. The van der Waals surface area contributed by atoms with Crippen LogP contribution in [-0.2, 0) is 33.3 Å². The number of hydrogen-bond donors (Lipinski definition) is 1. The molecule has 0 aliphatic rings. The van der Waals surface area contributed by atoms with Crippen molar-refractivity contribution in [3.63, 3.8) is 0 Å². The third-order valence-corrected chi connectivity index (χ3v) is 18.8. The molecule has 0 rings (SSSR count). The molecule has 0 spiro atoms. The molecule has 99 heavy (non-hydrogen) atoms. The lowest BCUT2D eigenvalue weighted by Crippen LogP contribution is -2.40. The lowest BCUT2D eigenvalue weighted by molar-refractivity contribution is -0.870. The smallest absolute Gasteiger partial charge is 0.361 e. The number of carbonyl (C=O) groups excluding carboxylic acids is 2. The Morgan fingerprint density at radius 2 is 0.576 bits per heavy atom. The molecule has 0 radical (unpaired) electrons. The third-order valence-electron chi connectivity index (χ3n) is 18.8. The van der Waals surface area contributed by atoms with Crippen molar-refractivity contribution in [2.45, 2.75) is 411 Å². The van der Waals surface area contributed by atoms with Crippen LogP contribution in [0.15, 0.2) is 97.2 Å². The van der Waals surface area contributed by atoms with E-state index in [1.54, 1.807) is 0 Å². The molecule has 0 aliphatic carbocycles. The van der Waals surface area contributed by atoms with Crippen molar-refractivity contribution in [3.8, 4) is 0 Å². The van der Waals surface area contributed by atoms with E-state index in [1.165, 1.54) is 289 Å². The van der Waals surface area contributed by atoms with Gasteiger partial charge in [-0.3, -0.25) is 9.59 Å². The Labute approximate surface area is 613 Å². The zero-order valence-corrected chi connectivity index (χ0v) is 65.9. The van der Waals surface area contributed by atoms with Gasteiger partial charge in [-0.15, -0.1) is 0 Å². The maximum Gasteiger partial charge on any atom is 0.361 e. The fraction of sp³-hybridized carbons (Fsp3) is 0.789. The van der Waals surface area contributed by atoms with E-state index in [2.05, 4.69) is 111 Å². The second-order valence-electron chi connectivity index (χ2n) is 29.8. The Morgan fingerprint density at radius 1 is 0.313 bits per heavy atom. The van der Waals surface area contributed by atoms with Gasteiger partial charge in [-0.05, 0) is 96.3 Å². The summed E-state index contributed by atoms with van der Waals surface area (Å²) in [5.41, 5.74) is 0. The van der Waals surface area contributed by atoms with Crippen LogP contribution in [0.4, 0.5) is 0 Å². The van der Waals surface area contributed by atoms with E-state index in [1.807, 2.05) is 21.1 Å². The van der Waals surface area contributed by atoms with Crippen molar-refractivity contribution >= 4 is 17.9 Å². The summed E-state index contributed by atoms with van der Waals surface area (Å²) in [5.74, 6) is -1.98. The summed E-state index contributed by atoms with van der Waals surface area (Å²) in [6.45, 7) is 4.81. The van der Waals surface area contributed by atoms with Gasteiger partial charge in [0.2, 0.25) is 0 Å². The van der Waals surface area contributed by atoms with Crippen molar-refractivity contribution in [1.82, 2.24) is 0 Å². The Morgan fingerprint density at radius 3 is 0.859 bits per heavy atom. The van der Waals surface area contributed by atoms with Crippen molar-refractivity contribution in [2.75, 3.05) is 47.5 Å². The second-order valence-corrected chi connectivity index (χ2v) is 29.8. The molecule has 0 saturated carbocycles. The van der Waals surface area contributed by atoms with E-state index in [0.717, 1.165) is 83.5 Å². The minimum absolute atomic E-state index is 0.179. The number of hydrogen-bond acceptors (Lipinski definition) is 7. The molecular formula is C90H162NO8+. The number of rotatable bonds is 79. The zero-order chi connectivity index (χ0) is 71.8. The van der Waals surface area contributed by atoms with Gasteiger partial charge in [0.15, 0.2) is 6.10 Å². The van der Waals surface area contributed by atoms with Gasteiger partial charge in [-0.2, -0.15) is 0 Å². The highest BCUT2D eigenvalue weighted by Crippen LogP contribution is 2.20. The monoisotopic (exact) mass is 1390 g/mol. The van der Waals surface area contributed by atoms with Crippen LogP contribution in [0.2, 0.25) is 0 Å². The molecule has 0 aliphatic heterocycles. The molecular weight excluding hydrogens is 1220 g/mol. The first-order chi connectivity index (χ1) is 48.6. The maximum atomic E-state index is 13.0. The number of likely N-dealkylation sites (N-methyl/N-ethyl adjacent to an activating group) is 1. The van der Waals surface area contributed by atoms with E-state index in [9.17, 15) is 19.5 Å². The molecule has 9 heteroatoms.